The van der Waals surface area contributed by atoms with Crippen LogP contribution in [0.3, 0.4) is 0 Å². The number of aromatic nitrogens is 1. The normalized spacial score (nSPS) is 10.1. The van der Waals surface area contributed by atoms with Gasteiger partial charge in [-0.25, -0.2) is 0 Å². The maximum absolute atomic E-state index is 11.7. The second kappa shape index (κ2) is 6.56. The minimum Gasteiger partial charge on any atom is -0.497 e. The summed E-state index contributed by atoms with van der Waals surface area (Å²) in [6.07, 6.45) is 1.65. The van der Waals surface area contributed by atoms with E-state index >= 15 is 0 Å². The van der Waals surface area contributed by atoms with Crippen molar-refractivity contribution in [2.24, 2.45) is 0 Å². The third-order valence-corrected chi connectivity index (χ3v) is 2.71. The third-order valence-electron chi connectivity index (χ3n) is 2.71. The van der Waals surface area contributed by atoms with Gasteiger partial charge in [-0.1, -0.05) is 12.1 Å². The predicted molar refractivity (Wildman–Crippen MR) is 75.1 cm³/mol. The first-order chi connectivity index (χ1) is 9.67. The van der Waals surface area contributed by atoms with Crippen molar-refractivity contribution < 1.29 is 14.3 Å². The van der Waals surface area contributed by atoms with Crippen LogP contribution in [0, 0.1) is 0 Å². The summed E-state index contributed by atoms with van der Waals surface area (Å²) in [5.74, 6) is 0.406. The van der Waals surface area contributed by atoms with Crippen LogP contribution in [0.25, 0.3) is 0 Å². The van der Waals surface area contributed by atoms with Gasteiger partial charge in [-0.05, 0) is 29.8 Å². The number of benzene rings is 1. The van der Waals surface area contributed by atoms with Gasteiger partial charge in [0.2, 0.25) is 0 Å². The van der Waals surface area contributed by atoms with Gasteiger partial charge < -0.3 is 15.2 Å². The van der Waals surface area contributed by atoms with Crippen molar-refractivity contribution in [2.75, 3.05) is 12.8 Å². The summed E-state index contributed by atoms with van der Waals surface area (Å²) >= 11 is 0. The van der Waals surface area contributed by atoms with Crippen LogP contribution in [-0.2, 0) is 22.6 Å². The number of rotatable bonds is 5. The fraction of sp³-hybridized carbons (Fsp3) is 0.200. The van der Waals surface area contributed by atoms with Crippen molar-refractivity contribution in [1.29, 1.82) is 0 Å². The molecule has 0 aliphatic carbocycles. The molecule has 0 bridgehead atoms. The molecule has 2 N–H and O–H groups in total. The van der Waals surface area contributed by atoms with E-state index in [1.165, 1.54) is 6.20 Å². The van der Waals surface area contributed by atoms with Gasteiger partial charge in [0.1, 0.15) is 12.4 Å². The van der Waals surface area contributed by atoms with Gasteiger partial charge in [-0.3, -0.25) is 9.78 Å². The molecular formula is C15H16N2O3. The molecule has 0 amide bonds. The molecule has 1 aromatic carbocycles. The average molecular weight is 272 g/mol. The number of pyridine rings is 1. The summed E-state index contributed by atoms with van der Waals surface area (Å²) in [6.45, 7) is 0.213. The smallest absolute Gasteiger partial charge is 0.312 e. The van der Waals surface area contributed by atoms with E-state index in [0.29, 0.717) is 11.4 Å². The lowest BCUT2D eigenvalue weighted by Crippen LogP contribution is -2.09. The molecule has 2 rings (SSSR count). The molecule has 5 nitrogen and oxygen atoms in total. The summed E-state index contributed by atoms with van der Waals surface area (Å²) in [5, 5.41) is 0. The molecule has 0 aliphatic heterocycles. The van der Waals surface area contributed by atoms with Gasteiger partial charge in [0, 0.05) is 0 Å². The first-order valence-corrected chi connectivity index (χ1v) is 6.16. The second-order valence-electron chi connectivity index (χ2n) is 4.27. The number of ether oxygens (including phenoxy) is 2. The van der Waals surface area contributed by atoms with Crippen molar-refractivity contribution in [3.63, 3.8) is 0 Å². The Morgan fingerprint density at radius 3 is 2.85 bits per heavy atom. The number of anilines is 1. The van der Waals surface area contributed by atoms with E-state index in [9.17, 15) is 4.79 Å². The van der Waals surface area contributed by atoms with Gasteiger partial charge in [0.25, 0.3) is 0 Å². The monoisotopic (exact) mass is 272 g/mol. The quantitative estimate of drug-likeness (QED) is 0.842. The zero-order chi connectivity index (χ0) is 14.4. The summed E-state index contributed by atoms with van der Waals surface area (Å²) in [5.41, 5.74) is 7.61. The zero-order valence-electron chi connectivity index (χ0n) is 11.2. The number of nitrogens with two attached hydrogens (primary N) is 1. The Labute approximate surface area is 117 Å². The molecule has 0 unspecified atom stereocenters. The van der Waals surface area contributed by atoms with Gasteiger partial charge in [0.15, 0.2) is 0 Å². The standard InChI is InChI=1S/C15H16N2O3/c1-19-14-4-2-3-11(7-14)10-20-15(18)8-13-6-5-12(16)9-17-13/h2-7,9H,8,10,16H2,1H3. The van der Waals surface area contributed by atoms with E-state index in [4.69, 9.17) is 15.2 Å². The van der Waals surface area contributed by atoms with Crippen LogP contribution >= 0.6 is 0 Å². The molecule has 5 heteroatoms. The van der Waals surface area contributed by atoms with E-state index in [1.54, 1.807) is 19.2 Å². The van der Waals surface area contributed by atoms with Crippen molar-refractivity contribution in [1.82, 2.24) is 4.98 Å². The van der Waals surface area contributed by atoms with Crippen LogP contribution in [0.5, 0.6) is 5.75 Å². The highest BCUT2D eigenvalue weighted by atomic mass is 16.5. The maximum Gasteiger partial charge on any atom is 0.312 e. The molecule has 0 saturated heterocycles. The van der Waals surface area contributed by atoms with Gasteiger partial charge in [0.05, 0.1) is 31.1 Å². The van der Waals surface area contributed by atoms with Crippen LogP contribution in [0.1, 0.15) is 11.3 Å². The van der Waals surface area contributed by atoms with E-state index in [-0.39, 0.29) is 19.0 Å². The van der Waals surface area contributed by atoms with Gasteiger partial charge >= 0.3 is 5.97 Å². The lowest BCUT2D eigenvalue weighted by Gasteiger charge is -2.06. The molecule has 2 aromatic rings. The third kappa shape index (κ3) is 3.98. The Bertz CT molecular complexity index is 582. The summed E-state index contributed by atoms with van der Waals surface area (Å²) in [7, 11) is 1.60. The minimum absolute atomic E-state index is 0.129. The lowest BCUT2D eigenvalue weighted by atomic mass is 10.2. The lowest BCUT2D eigenvalue weighted by molar-refractivity contribution is -0.144. The zero-order valence-corrected chi connectivity index (χ0v) is 11.2. The van der Waals surface area contributed by atoms with E-state index in [2.05, 4.69) is 4.98 Å². The molecule has 1 aromatic heterocycles. The number of hydrogen-bond acceptors (Lipinski definition) is 5. The number of carbonyl (C=O) groups is 1. The summed E-state index contributed by atoms with van der Waals surface area (Å²) in [6, 6.07) is 10.8. The molecule has 0 atom stereocenters. The molecule has 0 fully saturated rings. The number of nitrogens with zero attached hydrogens (tertiary/aromatic N) is 1. The van der Waals surface area contributed by atoms with Crippen molar-refractivity contribution in [3.8, 4) is 5.75 Å². The van der Waals surface area contributed by atoms with E-state index in [1.807, 2.05) is 24.3 Å². The molecule has 0 aliphatic rings. The fourth-order valence-electron chi connectivity index (χ4n) is 1.67. The van der Waals surface area contributed by atoms with E-state index in [0.717, 1.165) is 11.3 Å². The fourth-order valence-corrected chi connectivity index (χ4v) is 1.67. The first kappa shape index (κ1) is 13.9. The summed E-state index contributed by atoms with van der Waals surface area (Å²) < 4.78 is 10.3. The number of hydrogen-bond donors (Lipinski definition) is 1. The molecule has 104 valence electrons. The van der Waals surface area contributed by atoms with Gasteiger partial charge in [-0.15, -0.1) is 0 Å². The molecule has 0 spiro atoms. The Hall–Kier alpha value is -2.56. The van der Waals surface area contributed by atoms with E-state index < -0.39 is 0 Å². The van der Waals surface area contributed by atoms with Crippen LogP contribution < -0.4 is 10.5 Å². The Balaban J connectivity index is 1.87. The van der Waals surface area contributed by atoms with Crippen molar-refractivity contribution in [2.45, 2.75) is 13.0 Å². The number of carbonyl (C=O) groups excluding carboxylic acids is 1. The van der Waals surface area contributed by atoms with Crippen LogP contribution in [0.15, 0.2) is 42.6 Å². The number of nitrogen functional groups attached to an aromatic ring is 1. The summed E-state index contributed by atoms with van der Waals surface area (Å²) in [4.78, 5) is 15.8. The highest BCUT2D eigenvalue weighted by molar-refractivity contribution is 5.72. The maximum atomic E-state index is 11.7. The molecule has 1 heterocycles. The SMILES string of the molecule is COc1cccc(COC(=O)Cc2ccc(N)cn2)c1. The first-order valence-electron chi connectivity index (χ1n) is 6.16. The Morgan fingerprint density at radius 2 is 2.15 bits per heavy atom. The second-order valence-corrected chi connectivity index (χ2v) is 4.27. The molecule has 0 saturated carbocycles. The molecule has 0 radical (unpaired) electrons. The van der Waals surface area contributed by atoms with Crippen molar-refractivity contribution in [3.05, 3.63) is 53.9 Å². The number of methoxy groups -OCH3 is 1. The Kier molecular flexibility index (Phi) is 4.55. The number of esters is 1. The highest BCUT2D eigenvalue weighted by Crippen LogP contribution is 2.13. The minimum atomic E-state index is -0.329. The average Bonchev–Trinajstić information content (AvgIpc) is 2.48. The topological polar surface area (TPSA) is 74.4 Å². The molecule has 20 heavy (non-hydrogen) atoms. The Morgan fingerprint density at radius 1 is 1.30 bits per heavy atom. The van der Waals surface area contributed by atoms with Gasteiger partial charge in [-0.2, -0.15) is 0 Å². The van der Waals surface area contributed by atoms with Crippen LogP contribution in [-0.4, -0.2) is 18.1 Å². The highest BCUT2D eigenvalue weighted by Gasteiger charge is 2.06. The van der Waals surface area contributed by atoms with Crippen molar-refractivity contribution >= 4 is 11.7 Å². The molecular weight excluding hydrogens is 256 g/mol. The predicted octanol–water partition coefficient (Wildman–Crippen LogP) is 1.96. The van der Waals surface area contributed by atoms with Crippen LogP contribution in [0.2, 0.25) is 0 Å². The largest absolute Gasteiger partial charge is 0.497 e. The van der Waals surface area contributed by atoms with Crippen LogP contribution in [0.4, 0.5) is 5.69 Å².